The van der Waals surface area contributed by atoms with Gasteiger partial charge in [0.2, 0.25) is 6.20 Å². The highest BCUT2D eigenvalue weighted by molar-refractivity contribution is 5.75. The third-order valence-electron chi connectivity index (χ3n) is 1.20. The minimum Gasteiger partial charge on any atom is -0.297 e. The van der Waals surface area contributed by atoms with E-state index in [-0.39, 0.29) is 6.29 Å². The van der Waals surface area contributed by atoms with E-state index in [4.69, 9.17) is 0 Å². The molecule has 0 aliphatic carbocycles. The fourth-order valence-electron chi connectivity index (χ4n) is 0.777. The molecule has 0 unspecified atom stereocenters. The quantitative estimate of drug-likeness (QED) is 0.476. The van der Waals surface area contributed by atoms with Gasteiger partial charge in [-0.3, -0.25) is 4.79 Å². The first kappa shape index (κ1) is 8.76. The molecule has 0 saturated heterocycles. The summed E-state index contributed by atoms with van der Waals surface area (Å²) in [5.74, 6) is -1.26. The predicted molar refractivity (Wildman–Crippen MR) is 30.3 cm³/mol. The molecule has 66 valence electrons. The van der Waals surface area contributed by atoms with E-state index in [1.54, 1.807) is 0 Å². The van der Waals surface area contributed by atoms with Crippen LogP contribution in [0.4, 0.5) is 13.2 Å². The van der Waals surface area contributed by atoms with E-state index < -0.39 is 17.5 Å². The number of aldehydes is 1. The Hall–Kier alpha value is -1.33. The van der Waals surface area contributed by atoms with Crippen LogP contribution < -0.4 is 4.74 Å². The molecule has 0 aromatic carbocycles. The molecule has 12 heavy (non-hydrogen) atoms. The van der Waals surface area contributed by atoms with Crippen molar-refractivity contribution in [2.24, 2.45) is 7.05 Å². The minimum atomic E-state index is -4.61. The van der Waals surface area contributed by atoms with E-state index in [1.165, 1.54) is 7.05 Å². The second-order valence-corrected chi connectivity index (χ2v) is 2.17. The van der Waals surface area contributed by atoms with Crippen molar-refractivity contribution < 1.29 is 27.2 Å². The molecular weight excluding hydrogens is 175 g/mol. The summed E-state index contributed by atoms with van der Waals surface area (Å²) >= 11 is 0. The summed E-state index contributed by atoms with van der Waals surface area (Å²) in [5.41, 5.74) is -0.495. The summed E-state index contributed by atoms with van der Waals surface area (Å²) in [4.78, 5) is 10.1. The largest absolute Gasteiger partial charge is 0.457 e. The lowest BCUT2D eigenvalue weighted by Crippen LogP contribution is -2.23. The maximum Gasteiger partial charge on any atom is 0.457 e. The van der Waals surface area contributed by atoms with Crippen molar-refractivity contribution in [2.45, 2.75) is 6.18 Å². The Morgan fingerprint density at radius 1 is 1.58 bits per heavy atom. The van der Waals surface area contributed by atoms with Crippen molar-refractivity contribution in [2.75, 3.05) is 0 Å². The van der Waals surface area contributed by atoms with Crippen LogP contribution in [0.5, 0.6) is 0 Å². The molecule has 0 N–H and O–H groups in total. The molecule has 1 aromatic heterocycles. The molecule has 0 saturated carbocycles. The van der Waals surface area contributed by atoms with Crippen molar-refractivity contribution in [1.29, 1.82) is 0 Å². The van der Waals surface area contributed by atoms with Gasteiger partial charge in [-0.15, -0.1) is 0 Å². The van der Waals surface area contributed by atoms with Gasteiger partial charge in [0.25, 0.3) is 0 Å². The molecule has 0 fully saturated rings. The second kappa shape index (κ2) is 2.62. The Balaban J connectivity index is 3.22. The van der Waals surface area contributed by atoms with E-state index in [2.05, 4.69) is 4.52 Å². The maximum absolute atomic E-state index is 12.0. The molecule has 1 aromatic rings. The Labute approximate surface area is 65.4 Å². The van der Waals surface area contributed by atoms with Gasteiger partial charge >= 0.3 is 11.9 Å². The lowest BCUT2D eigenvalue weighted by molar-refractivity contribution is -0.847. The number of carbonyl (C=O) groups excluding carboxylic acids is 1. The molecule has 3 nitrogen and oxygen atoms in total. The van der Waals surface area contributed by atoms with Crippen LogP contribution in [-0.4, -0.2) is 6.29 Å². The van der Waals surface area contributed by atoms with Crippen LogP contribution in [0.25, 0.3) is 0 Å². The number of aromatic nitrogens is 1. The van der Waals surface area contributed by atoms with Crippen LogP contribution in [-0.2, 0) is 13.2 Å². The number of carbonyl (C=O) groups is 1. The summed E-state index contributed by atoms with van der Waals surface area (Å²) < 4.78 is 41.0. The molecule has 0 bridgehead atoms. The summed E-state index contributed by atoms with van der Waals surface area (Å²) in [6.07, 6.45) is -3.54. The second-order valence-electron chi connectivity index (χ2n) is 2.17. The highest BCUT2D eigenvalue weighted by Crippen LogP contribution is 2.30. The molecule has 0 amide bonds. The molecule has 0 atom stereocenters. The van der Waals surface area contributed by atoms with Crippen molar-refractivity contribution in [3.63, 3.8) is 0 Å². The number of hydrogen-bond donors (Lipinski definition) is 0. The van der Waals surface area contributed by atoms with Gasteiger partial charge in [-0.2, -0.15) is 13.2 Å². The summed E-state index contributed by atoms with van der Waals surface area (Å²) in [5, 5.41) is 0. The average Bonchev–Trinajstić information content (AvgIpc) is 2.29. The number of aryl methyl sites for hydroxylation is 1. The first-order valence-corrected chi connectivity index (χ1v) is 2.97. The molecule has 0 spiro atoms. The van der Waals surface area contributed by atoms with Gasteiger partial charge in [-0.25, -0.2) is 4.52 Å². The highest BCUT2D eigenvalue weighted by Gasteiger charge is 2.41. The van der Waals surface area contributed by atoms with Gasteiger partial charge in [0, 0.05) is 0 Å². The molecule has 0 radical (unpaired) electrons. The first-order chi connectivity index (χ1) is 5.45. The van der Waals surface area contributed by atoms with E-state index >= 15 is 0 Å². The fraction of sp³-hybridized carbons (Fsp3) is 0.333. The van der Waals surface area contributed by atoms with Crippen LogP contribution in [0.1, 0.15) is 16.1 Å². The molecular formula is C6H5F3NO2+. The van der Waals surface area contributed by atoms with Crippen molar-refractivity contribution >= 4 is 6.29 Å². The average molecular weight is 180 g/mol. The molecule has 6 heteroatoms. The summed E-state index contributed by atoms with van der Waals surface area (Å²) in [7, 11) is 1.27. The van der Waals surface area contributed by atoms with Gasteiger partial charge in [0.15, 0.2) is 13.3 Å². The lowest BCUT2D eigenvalue weighted by atomic mass is 10.3. The topological polar surface area (TPSA) is 34.1 Å². The first-order valence-electron chi connectivity index (χ1n) is 2.97. The monoisotopic (exact) mass is 180 g/mol. The van der Waals surface area contributed by atoms with E-state index in [0.717, 1.165) is 10.9 Å². The Morgan fingerprint density at radius 3 is 2.50 bits per heavy atom. The van der Waals surface area contributed by atoms with E-state index in [1.807, 2.05) is 0 Å². The third kappa shape index (κ3) is 1.46. The van der Waals surface area contributed by atoms with Crippen LogP contribution in [0, 0.1) is 0 Å². The highest BCUT2D eigenvalue weighted by atomic mass is 19.4. The van der Waals surface area contributed by atoms with Gasteiger partial charge < -0.3 is 0 Å². The number of nitrogens with zero attached hydrogens (tertiary/aromatic N) is 1. The molecule has 1 heterocycles. The number of halogens is 3. The van der Waals surface area contributed by atoms with Crippen molar-refractivity contribution in [1.82, 2.24) is 0 Å². The third-order valence-corrected chi connectivity index (χ3v) is 1.20. The SMILES string of the molecule is C[n+]1cc(C=O)c(C(F)(F)F)o1. The number of hydrogen-bond acceptors (Lipinski definition) is 2. The fourth-order valence-corrected chi connectivity index (χ4v) is 0.777. The minimum absolute atomic E-state index is 0.103. The summed E-state index contributed by atoms with van der Waals surface area (Å²) in [6.45, 7) is 0. The van der Waals surface area contributed by atoms with Gasteiger partial charge in [-0.1, -0.05) is 0 Å². The molecule has 0 aliphatic heterocycles. The number of rotatable bonds is 1. The van der Waals surface area contributed by atoms with Crippen LogP contribution in [0.2, 0.25) is 0 Å². The van der Waals surface area contributed by atoms with Gasteiger partial charge in [0.05, 0.1) is 0 Å². The van der Waals surface area contributed by atoms with Crippen LogP contribution in [0.3, 0.4) is 0 Å². The lowest BCUT2D eigenvalue weighted by Gasteiger charge is -1.97. The zero-order valence-electron chi connectivity index (χ0n) is 6.05. The van der Waals surface area contributed by atoms with Gasteiger partial charge in [0.1, 0.15) is 5.56 Å². The normalized spacial score (nSPS) is 11.7. The zero-order chi connectivity index (χ0) is 9.35. The predicted octanol–water partition coefficient (Wildman–Crippen LogP) is 0.935. The molecule has 1 rings (SSSR count). The zero-order valence-corrected chi connectivity index (χ0v) is 6.05. The van der Waals surface area contributed by atoms with Crippen LogP contribution >= 0.6 is 0 Å². The molecule has 0 aliphatic rings. The van der Waals surface area contributed by atoms with Gasteiger partial charge in [-0.05, 0) is 4.74 Å². The van der Waals surface area contributed by atoms with E-state index in [0.29, 0.717) is 0 Å². The Bertz CT molecular complexity index is 302. The number of alkyl halides is 3. The summed E-state index contributed by atoms with van der Waals surface area (Å²) in [6, 6.07) is 0. The standard InChI is InChI=1S/C6H5F3NO2/c1-10-2-4(3-11)5(12-10)6(7,8)9/h2-3H,1H3/q+1. The smallest absolute Gasteiger partial charge is 0.297 e. The van der Waals surface area contributed by atoms with Crippen molar-refractivity contribution in [3.8, 4) is 0 Å². The maximum atomic E-state index is 12.0. The van der Waals surface area contributed by atoms with Crippen molar-refractivity contribution in [3.05, 3.63) is 17.5 Å². The van der Waals surface area contributed by atoms with E-state index in [9.17, 15) is 18.0 Å². The Kier molecular flexibility index (Phi) is 1.91. The van der Waals surface area contributed by atoms with Crippen LogP contribution in [0.15, 0.2) is 10.7 Å². The Morgan fingerprint density at radius 2 is 2.17 bits per heavy atom.